The SMILES string of the molecule is CCCCc1ccc(C(=O)c2ccc(C)c(Cl)c2)cc1. The van der Waals surface area contributed by atoms with Gasteiger partial charge in [0.25, 0.3) is 0 Å². The molecule has 0 aromatic heterocycles. The molecular weight excluding hydrogens is 268 g/mol. The van der Waals surface area contributed by atoms with Crippen molar-refractivity contribution in [1.29, 1.82) is 0 Å². The Labute approximate surface area is 125 Å². The molecule has 0 unspecified atom stereocenters. The molecular formula is C18H19ClO. The number of rotatable bonds is 5. The maximum Gasteiger partial charge on any atom is 0.193 e. The predicted molar refractivity (Wildman–Crippen MR) is 84.7 cm³/mol. The van der Waals surface area contributed by atoms with E-state index in [0.29, 0.717) is 16.1 Å². The van der Waals surface area contributed by atoms with Crippen LogP contribution in [0.2, 0.25) is 5.02 Å². The van der Waals surface area contributed by atoms with Crippen molar-refractivity contribution in [1.82, 2.24) is 0 Å². The van der Waals surface area contributed by atoms with Crippen LogP contribution in [0.15, 0.2) is 42.5 Å². The predicted octanol–water partition coefficient (Wildman–Crippen LogP) is 5.22. The van der Waals surface area contributed by atoms with E-state index in [0.717, 1.165) is 12.0 Å². The molecule has 0 fully saturated rings. The number of ketones is 1. The fourth-order valence-electron chi connectivity index (χ4n) is 2.10. The highest BCUT2D eigenvalue weighted by molar-refractivity contribution is 6.31. The van der Waals surface area contributed by atoms with Gasteiger partial charge in [-0.25, -0.2) is 0 Å². The highest BCUT2D eigenvalue weighted by atomic mass is 35.5. The number of hydrogen-bond donors (Lipinski definition) is 0. The first-order valence-electron chi connectivity index (χ1n) is 7.01. The minimum atomic E-state index is 0.0222. The Balaban J connectivity index is 2.18. The molecule has 104 valence electrons. The van der Waals surface area contributed by atoms with Crippen LogP contribution in [0.3, 0.4) is 0 Å². The van der Waals surface area contributed by atoms with Crippen molar-refractivity contribution in [2.45, 2.75) is 33.1 Å². The first-order valence-corrected chi connectivity index (χ1v) is 7.39. The highest BCUT2D eigenvalue weighted by Crippen LogP contribution is 2.19. The zero-order valence-corrected chi connectivity index (χ0v) is 12.7. The molecule has 0 bridgehead atoms. The van der Waals surface area contributed by atoms with Crippen molar-refractivity contribution in [3.63, 3.8) is 0 Å². The van der Waals surface area contributed by atoms with Crippen LogP contribution in [0.1, 0.15) is 46.8 Å². The van der Waals surface area contributed by atoms with Gasteiger partial charge in [-0.3, -0.25) is 4.79 Å². The maximum atomic E-state index is 12.4. The lowest BCUT2D eigenvalue weighted by Gasteiger charge is -2.05. The van der Waals surface area contributed by atoms with Crippen LogP contribution in [0.5, 0.6) is 0 Å². The minimum Gasteiger partial charge on any atom is -0.289 e. The lowest BCUT2D eigenvalue weighted by atomic mass is 10.00. The molecule has 0 N–H and O–H groups in total. The van der Waals surface area contributed by atoms with E-state index in [-0.39, 0.29) is 5.78 Å². The summed E-state index contributed by atoms with van der Waals surface area (Å²) in [5, 5.41) is 0.635. The van der Waals surface area contributed by atoms with E-state index >= 15 is 0 Å². The van der Waals surface area contributed by atoms with Crippen molar-refractivity contribution in [2.75, 3.05) is 0 Å². The second-order valence-electron chi connectivity index (χ2n) is 5.09. The van der Waals surface area contributed by atoms with Crippen molar-refractivity contribution < 1.29 is 4.79 Å². The molecule has 0 amide bonds. The summed E-state index contributed by atoms with van der Waals surface area (Å²) in [6.45, 7) is 4.11. The molecule has 1 nitrogen and oxygen atoms in total. The number of unbranched alkanes of at least 4 members (excludes halogenated alkanes) is 1. The fourth-order valence-corrected chi connectivity index (χ4v) is 2.28. The third kappa shape index (κ3) is 3.49. The summed E-state index contributed by atoms with van der Waals surface area (Å²) in [6.07, 6.45) is 3.44. The van der Waals surface area contributed by atoms with Crippen LogP contribution in [-0.4, -0.2) is 5.78 Å². The van der Waals surface area contributed by atoms with Gasteiger partial charge in [0.2, 0.25) is 0 Å². The van der Waals surface area contributed by atoms with E-state index in [1.165, 1.54) is 18.4 Å². The van der Waals surface area contributed by atoms with Gasteiger partial charge in [-0.05, 0) is 37.0 Å². The fraction of sp³-hybridized carbons (Fsp3) is 0.278. The molecule has 0 aliphatic heterocycles. The molecule has 0 saturated heterocycles. The summed E-state index contributed by atoms with van der Waals surface area (Å²) in [6, 6.07) is 13.3. The van der Waals surface area contributed by atoms with Crippen molar-refractivity contribution in [3.8, 4) is 0 Å². The smallest absolute Gasteiger partial charge is 0.193 e. The number of aryl methyl sites for hydroxylation is 2. The quantitative estimate of drug-likeness (QED) is 0.689. The summed E-state index contributed by atoms with van der Waals surface area (Å²) in [4.78, 5) is 12.4. The third-order valence-corrected chi connectivity index (χ3v) is 3.88. The van der Waals surface area contributed by atoms with Crippen LogP contribution >= 0.6 is 11.6 Å². The zero-order valence-electron chi connectivity index (χ0n) is 11.9. The Morgan fingerprint density at radius 3 is 2.30 bits per heavy atom. The number of benzene rings is 2. The Morgan fingerprint density at radius 2 is 1.70 bits per heavy atom. The van der Waals surface area contributed by atoms with Gasteiger partial charge >= 0.3 is 0 Å². The Bertz CT molecular complexity index is 599. The summed E-state index contributed by atoms with van der Waals surface area (Å²) in [5.41, 5.74) is 3.62. The molecule has 2 rings (SSSR count). The molecule has 2 heteroatoms. The van der Waals surface area contributed by atoms with Gasteiger partial charge in [0.05, 0.1) is 0 Å². The molecule has 0 heterocycles. The summed E-state index contributed by atoms with van der Waals surface area (Å²) in [7, 11) is 0. The average Bonchev–Trinajstić information content (AvgIpc) is 2.48. The van der Waals surface area contributed by atoms with E-state index in [9.17, 15) is 4.79 Å². The van der Waals surface area contributed by atoms with Gasteiger partial charge in [0, 0.05) is 16.1 Å². The van der Waals surface area contributed by atoms with Gasteiger partial charge in [0.15, 0.2) is 5.78 Å². The summed E-state index contributed by atoms with van der Waals surface area (Å²) < 4.78 is 0. The van der Waals surface area contributed by atoms with Crippen LogP contribution in [0.25, 0.3) is 0 Å². The van der Waals surface area contributed by atoms with Gasteiger partial charge in [-0.1, -0.05) is 61.3 Å². The first kappa shape index (κ1) is 14.8. The van der Waals surface area contributed by atoms with Crippen molar-refractivity contribution in [3.05, 3.63) is 69.7 Å². The number of hydrogen-bond acceptors (Lipinski definition) is 1. The maximum absolute atomic E-state index is 12.4. The van der Waals surface area contributed by atoms with Crippen LogP contribution in [0.4, 0.5) is 0 Å². The molecule has 0 saturated carbocycles. The van der Waals surface area contributed by atoms with E-state index in [1.807, 2.05) is 43.3 Å². The Morgan fingerprint density at radius 1 is 1.05 bits per heavy atom. The largest absolute Gasteiger partial charge is 0.289 e. The van der Waals surface area contributed by atoms with Gasteiger partial charge < -0.3 is 0 Å². The second kappa shape index (κ2) is 6.71. The van der Waals surface area contributed by atoms with E-state index in [4.69, 9.17) is 11.6 Å². The monoisotopic (exact) mass is 286 g/mol. The Hall–Kier alpha value is -1.60. The average molecular weight is 287 g/mol. The van der Waals surface area contributed by atoms with E-state index in [2.05, 4.69) is 6.92 Å². The number of halogens is 1. The van der Waals surface area contributed by atoms with Gasteiger partial charge in [-0.2, -0.15) is 0 Å². The normalized spacial score (nSPS) is 10.6. The van der Waals surface area contributed by atoms with E-state index < -0.39 is 0 Å². The Kier molecular flexibility index (Phi) is 4.97. The molecule has 20 heavy (non-hydrogen) atoms. The van der Waals surface area contributed by atoms with Gasteiger partial charge in [0.1, 0.15) is 0 Å². The second-order valence-corrected chi connectivity index (χ2v) is 5.50. The van der Waals surface area contributed by atoms with Crippen molar-refractivity contribution in [2.24, 2.45) is 0 Å². The topological polar surface area (TPSA) is 17.1 Å². The number of carbonyl (C=O) groups is 1. The van der Waals surface area contributed by atoms with Crippen LogP contribution in [0, 0.1) is 6.92 Å². The third-order valence-electron chi connectivity index (χ3n) is 3.47. The molecule has 2 aromatic carbocycles. The van der Waals surface area contributed by atoms with Gasteiger partial charge in [-0.15, -0.1) is 0 Å². The first-order chi connectivity index (χ1) is 9.61. The molecule has 0 aliphatic rings. The number of carbonyl (C=O) groups excluding carboxylic acids is 1. The molecule has 0 atom stereocenters. The summed E-state index contributed by atoms with van der Waals surface area (Å²) in [5.74, 6) is 0.0222. The molecule has 2 aromatic rings. The molecule has 0 aliphatic carbocycles. The summed E-state index contributed by atoms with van der Waals surface area (Å²) >= 11 is 6.08. The van der Waals surface area contributed by atoms with Crippen LogP contribution in [-0.2, 0) is 6.42 Å². The van der Waals surface area contributed by atoms with E-state index in [1.54, 1.807) is 6.07 Å². The zero-order chi connectivity index (χ0) is 14.5. The standard InChI is InChI=1S/C18H19ClO/c1-3-4-5-14-7-10-15(11-8-14)18(20)16-9-6-13(2)17(19)12-16/h6-12H,3-5H2,1-2H3. The lowest BCUT2D eigenvalue weighted by Crippen LogP contribution is -2.01. The van der Waals surface area contributed by atoms with Crippen LogP contribution < -0.4 is 0 Å². The molecule has 0 radical (unpaired) electrons. The molecule has 0 spiro atoms. The highest BCUT2D eigenvalue weighted by Gasteiger charge is 2.10. The minimum absolute atomic E-state index is 0.0222. The lowest BCUT2D eigenvalue weighted by molar-refractivity contribution is 0.103. The van der Waals surface area contributed by atoms with Crippen molar-refractivity contribution >= 4 is 17.4 Å².